The number of carbonyl (C=O) groups excluding carboxylic acids is 1. The third-order valence-corrected chi connectivity index (χ3v) is 4.62. The smallest absolute Gasteiger partial charge is 0.277 e. The molecule has 25 heavy (non-hydrogen) atoms. The molecule has 2 aromatic carbocycles. The quantitative estimate of drug-likeness (QED) is 0.393. The van der Waals surface area contributed by atoms with Crippen LogP contribution in [0.2, 0.25) is 0 Å². The molecular formula is C18H15Br3N2O2. The minimum atomic E-state index is -0.339. The summed E-state index contributed by atoms with van der Waals surface area (Å²) >= 11 is 10.2. The summed E-state index contributed by atoms with van der Waals surface area (Å²) in [5.74, 6) is 0.220. The first-order chi connectivity index (χ1) is 12.0. The Bertz CT molecular complexity index is 782. The first kappa shape index (κ1) is 19.9. The molecule has 1 amide bonds. The summed E-state index contributed by atoms with van der Waals surface area (Å²) in [7, 11) is 0. The summed E-state index contributed by atoms with van der Waals surface area (Å²) in [5.41, 5.74) is 4.22. The highest BCUT2D eigenvalue weighted by atomic mass is 79.9. The van der Waals surface area contributed by atoms with Crippen molar-refractivity contribution in [2.24, 2.45) is 5.10 Å². The zero-order chi connectivity index (χ0) is 18.2. The van der Waals surface area contributed by atoms with Crippen molar-refractivity contribution < 1.29 is 9.53 Å². The highest BCUT2D eigenvalue weighted by Gasteiger charge is 2.10. The lowest BCUT2D eigenvalue weighted by Gasteiger charge is -2.10. The summed E-state index contributed by atoms with van der Waals surface area (Å²) in [5, 5.41) is 4.03. The molecule has 130 valence electrons. The molecule has 0 radical (unpaired) electrons. The third kappa shape index (κ3) is 6.76. The number of hydrogen-bond donors (Lipinski definition) is 1. The summed E-state index contributed by atoms with van der Waals surface area (Å²) in [6.07, 6.45) is 3.76. The molecular weight excluding hydrogens is 516 g/mol. The van der Waals surface area contributed by atoms with Crippen LogP contribution >= 0.6 is 47.8 Å². The van der Waals surface area contributed by atoms with E-state index in [-0.39, 0.29) is 12.5 Å². The fourth-order valence-corrected chi connectivity index (χ4v) is 4.29. The predicted molar refractivity (Wildman–Crippen MR) is 112 cm³/mol. The van der Waals surface area contributed by atoms with Gasteiger partial charge in [-0.1, -0.05) is 52.3 Å². The Labute approximate surface area is 171 Å². The Morgan fingerprint density at radius 3 is 2.44 bits per heavy atom. The number of rotatable bonds is 6. The van der Waals surface area contributed by atoms with Crippen LogP contribution in [0.5, 0.6) is 5.75 Å². The zero-order valence-corrected chi connectivity index (χ0v) is 18.1. The summed E-state index contributed by atoms with van der Waals surface area (Å²) in [6.45, 7) is 1.67. The van der Waals surface area contributed by atoms with E-state index in [2.05, 4.69) is 58.3 Å². The maximum Gasteiger partial charge on any atom is 0.277 e. The monoisotopic (exact) mass is 528 g/mol. The van der Waals surface area contributed by atoms with Crippen molar-refractivity contribution >= 4 is 65.5 Å². The van der Waals surface area contributed by atoms with Crippen LogP contribution in [-0.2, 0) is 4.79 Å². The molecule has 0 saturated carbocycles. The van der Waals surface area contributed by atoms with Gasteiger partial charge in [0.1, 0.15) is 5.75 Å². The Morgan fingerprint density at radius 2 is 1.80 bits per heavy atom. The Morgan fingerprint density at radius 1 is 1.16 bits per heavy atom. The number of halogens is 3. The second-order valence-electron chi connectivity index (χ2n) is 5.02. The average Bonchev–Trinajstić information content (AvgIpc) is 2.58. The maximum atomic E-state index is 11.9. The van der Waals surface area contributed by atoms with Gasteiger partial charge in [0.25, 0.3) is 5.91 Å². The molecule has 4 nitrogen and oxygen atoms in total. The molecule has 0 aliphatic rings. The van der Waals surface area contributed by atoms with E-state index in [0.29, 0.717) is 11.5 Å². The number of carbonyl (C=O) groups is 1. The van der Waals surface area contributed by atoms with Gasteiger partial charge in [-0.3, -0.25) is 4.79 Å². The standard InChI is InChI=1S/C18H15Br3N2O2/c1-12(7-8-13-5-3-2-4-6-13)22-23-17(24)11-25-18-15(20)9-14(19)10-16(18)21/h2-10H,11H2,1H3,(H,23,24)/b8-7+,22-12-. The van der Waals surface area contributed by atoms with E-state index in [9.17, 15) is 4.79 Å². The zero-order valence-electron chi connectivity index (χ0n) is 13.3. The second kappa shape index (κ2) is 9.89. The Kier molecular flexibility index (Phi) is 7.87. The first-order valence-corrected chi connectivity index (χ1v) is 9.67. The van der Waals surface area contributed by atoms with E-state index in [0.717, 1.165) is 19.0 Å². The molecule has 7 heteroatoms. The molecule has 0 aliphatic heterocycles. The van der Waals surface area contributed by atoms with Crippen molar-refractivity contribution in [3.8, 4) is 5.75 Å². The Hall–Kier alpha value is -1.44. The lowest BCUT2D eigenvalue weighted by Crippen LogP contribution is -2.25. The van der Waals surface area contributed by atoms with Gasteiger partial charge in [0.05, 0.1) is 14.7 Å². The molecule has 0 atom stereocenters. The van der Waals surface area contributed by atoms with Crippen molar-refractivity contribution in [1.29, 1.82) is 0 Å². The van der Waals surface area contributed by atoms with Crippen LogP contribution in [0.25, 0.3) is 6.08 Å². The van der Waals surface area contributed by atoms with Gasteiger partial charge < -0.3 is 4.74 Å². The fourth-order valence-electron chi connectivity index (χ4n) is 1.81. The molecule has 0 bridgehead atoms. The minimum Gasteiger partial charge on any atom is -0.481 e. The van der Waals surface area contributed by atoms with E-state index < -0.39 is 0 Å². The van der Waals surface area contributed by atoms with Crippen LogP contribution in [0.4, 0.5) is 0 Å². The minimum absolute atomic E-state index is 0.141. The van der Waals surface area contributed by atoms with E-state index in [1.54, 1.807) is 0 Å². The maximum absolute atomic E-state index is 11.9. The van der Waals surface area contributed by atoms with Crippen LogP contribution in [0, 0.1) is 0 Å². The van der Waals surface area contributed by atoms with Gasteiger partial charge in [-0.15, -0.1) is 0 Å². The highest BCUT2D eigenvalue weighted by Crippen LogP contribution is 2.36. The summed E-state index contributed by atoms with van der Waals surface area (Å²) < 4.78 is 7.91. The van der Waals surface area contributed by atoms with Gasteiger partial charge in [-0.25, -0.2) is 5.43 Å². The van der Waals surface area contributed by atoms with Crippen molar-refractivity contribution in [3.63, 3.8) is 0 Å². The second-order valence-corrected chi connectivity index (χ2v) is 7.64. The normalized spacial score (nSPS) is 11.6. The van der Waals surface area contributed by atoms with Crippen LogP contribution in [-0.4, -0.2) is 18.2 Å². The number of allylic oxidation sites excluding steroid dienone is 1. The van der Waals surface area contributed by atoms with Gasteiger partial charge in [0.15, 0.2) is 6.61 Å². The van der Waals surface area contributed by atoms with Gasteiger partial charge in [-0.2, -0.15) is 5.10 Å². The number of amides is 1. The van der Waals surface area contributed by atoms with E-state index >= 15 is 0 Å². The predicted octanol–water partition coefficient (Wildman–Crippen LogP) is 5.56. The average molecular weight is 531 g/mol. The van der Waals surface area contributed by atoms with Gasteiger partial charge >= 0.3 is 0 Å². The largest absolute Gasteiger partial charge is 0.481 e. The Balaban J connectivity index is 1.87. The van der Waals surface area contributed by atoms with Crippen molar-refractivity contribution in [2.45, 2.75) is 6.92 Å². The van der Waals surface area contributed by atoms with Crippen LogP contribution < -0.4 is 10.2 Å². The third-order valence-electron chi connectivity index (χ3n) is 2.98. The van der Waals surface area contributed by atoms with Gasteiger partial charge in [0.2, 0.25) is 0 Å². The SMILES string of the molecule is CC(/C=C/c1ccccc1)=N/NC(=O)COc1c(Br)cc(Br)cc1Br. The molecule has 0 spiro atoms. The van der Waals surface area contributed by atoms with E-state index in [4.69, 9.17) is 4.74 Å². The molecule has 0 aromatic heterocycles. The lowest BCUT2D eigenvalue weighted by molar-refractivity contribution is -0.123. The number of hydrazone groups is 1. The molecule has 0 unspecified atom stereocenters. The van der Waals surface area contributed by atoms with Gasteiger partial charge in [-0.05, 0) is 62.6 Å². The lowest BCUT2D eigenvalue weighted by atomic mass is 10.2. The molecule has 0 aliphatic carbocycles. The fraction of sp³-hybridized carbons (Fsp3) is 0.111. The van der Waals surface area contributed by atoms with Crippen LogP contribution in [0.1, 0.15) is 12.5 Å². The van der Waals surface area contributed by atoms with Crippen LogP contribution in [0.3, 0.4) is 0 Å². The van der Waals surface area contributed by atoms with E-state index in [1.807, 2.05) is 61.5 Å². The number of nitrogens with zero attached hydrogens (tertiary/aromatic N) is 1. The van der Waals surface area contributed by atoms with Crippen LogP contribution in [0.15, 0.2) is 67.1 Å². The molecule has 0 fully saturated rings. The van der Waals surface area contributed by atoms with Gasteiger partial charge in [0, 0.05) is 4.47 Å². The summed E-state index contributed by atoms with van der Waals surface area (Å²) in [6, 6.07) is 13.5. The molecule has 0 heterocycles. The van der Waals surface area contributed by atoms with Crippen molar-refractivity contribution in [1.82, 2.24) is 5.43 Å². The van der Waals surface area contributed by atoms with E-state index in [1.165, 1.54) is 0 Å². The number of benzene rings is 2. The number of hydrogen-bond acceptors (Lipinski definition) is 3. The highest BCUT2D eigenvalue weighted by molar-refractivity contribution is 9.11. The molecule has 2 aromatic rings. The molecule has 0 saturated heterocycles. The topological polar surface area (TPSA) is 50.7 Å². The van der Waals surface area contributed by atoms with Crippen molar-refractivity contribution in [3.05, 3.63) is 67.5 Å². The first-order valence-electron chi connectivity index (χ1n) is 7.29. The molecule has 2 rings (SSSR count). The number of ether oxygens (including phenoxy) is 1. The summed E-state index contributed by atoms with van der Waals surface area (Å²) in [4.78, 5) is 11.9. The molecule has 1 N–H and O–H groups in total. The number of nitrogens with one attached hydrogen (secondary N) is 1. The van der Waals surface area contributed by atoms with Crippen molar-refractivity contribution in [2.75, 3.05) is 6.61 Å².